The number of rotatable bonds is 4. The molecule has 0 aliphatic carbocycles. The van der Waals surface area contributed by atoms with Crippen LogP contribution in [0.3, 0.4) is 0 Å². The first-order valence-electron chi connectivity index (χ1n) is 10.5. The molecule has 0 spiro atoms. The topological polar surface area (TPSA) is 115 Å². The van der Waals surface area contributed by atoms with Gasteiger partial charge in [0.15, 0.2) is 5.82 Å². The number of nitrogens with one attached hydrogen (secondary N) is 1. The molecule has 10 heteroatoms. The maximum Gasteiger partial charge on any atom is 0.331 e. The molecular formula is C23H22N6O4. The molecular weight excluding hydrogens is 424 g/mol. The van der Waals surface area contributed by atoms with Gasteiger partial charge in [0.05, 0.1) is 29.9 Å². The van der Waals surface area contributed by atoms with Crippen LogP contribution in [0.1, 0.15) is 43.7 Å². The zero-order valence-electron chi connectivity index (χ0n) is 18.4. The summed E-state index contributed by atoms with van der Waals surface area (Å²) in [5.74, 6) is 2.21. The molecule has 3 aromatic heterocycles. The van der Waals surface area contributed by atoms with Crippen LogP contribution in [-0.2, 0) is 17.9 Å². The predicted octanol–water partition coefficient (Wildman–Crippen LogP) is 4.28. The lowest BCUT2D eigenvalue weighted by molar-refractivity contribution is -0.129. The van der Waals surface area contributed by atoms with Crippen LogP contribution < -0.4 is 10.1 Å². The molecule has 0 saturated carbocycles. The first-order chi connectivity index (χ1) is 15.9. The molecule has 1 aromatic carbocycles. The van der Waals surface area contributed by atoms with E-state index in [-0.39, 0.29) is 17.9 Å². The molecule has 1 aliphatic rings. The lowest BCUT2D eigenvalue weighted by Crippen LogP contribution is -2.21. The summed E-state index contributed by atoms with van der Waals surface area (Å²) in [7, 11) is 0. The van der Waals surface area contributed by atoms with Gasteiger partial charge in [0.2, 0.25) is 11.8 Å². The van der Waals surface area contributed by atoms with E-state index in [1.807, 2.05) is 26.0 Å². The monoisotopic (exact) mass is 446 g/mol. The highest BCUT2D eigenvalue weighted by molar-refractivity contribution is 5.98. The van der Waals surface area contributed by atoms with Gasteiger partial charge in [0, 0.05) is 30.5 Å². The second kappa shape index (κ2) is 8.05. The molecule has 0 saturated heterocycles. The normalized spacial score (nSPS) is 12.9. The number of carbonyl (C=O) groups is 2. The summed E-state index contributed by atoms with van der Waals surface area (Å²) in [5.41, 5.74) is 2.30. The number of ether oxygens (including phenoxy) is 1. The van der Waals surface area contributed by atoms with Crippen LogP contribution in [0.5, 0.6) is 11.6 Å². The van der Waals surface area contributed by atoms with Gasteiger partial charge in [0.25, 0.3) is 0 Å². The second-order valence-electron chi connectivity index (χ2n) is 8.19. The molecule has 4 aromatic rings. The van der Waals surface area contributed by atoms with E-state index in [1.165, 1.54) is 17.8 Å². The molecule has 0 radical (unpaired) electrons. The van der Waals surface area contributed by atoms with Crippen LogP contribution in [0, 0.1) is 0 Å². The number of anilines is 1. The lowest BCUT2D eigenvalue weighted by atomic mass is 10.2. The molecule has 2 amide bonds. The predicted molar refractivity (Wildman–Crippen MR) is 119 cm³/mol. The van der Waals surface area contributed by atoms with Crippen molar-refractivity contribution >= 4 is 28.7 Å². The van der Waals surface area contributed by atoms with Crippen molar-refractivity contribution in [2.24, 2.45) is 0 Å². The van der Waals surface area contributed by atoms with Gasteiger partial charge in [-0.1, -0.05) is 19.0 Å². The first-order valence-corrected chi connectivity index (χ1v) is 10.5. The van der Waals surface area contributed by atoms with E-state index in [4.69, 9.17) is 9.26 Å². The van der Waals surface area contributed by atoms with E-state index in [1.54, 1.807) is 29.3 Å². The van der Waals surface area contributed by atoms with Gasteiger partial charge < -0.3 is 14.2 Å². The van der Waals surface area contributed by atoms with Crippen molar-refractivity contribution in [1.29, 1.82) is 0 Å². The number of benzene rings is 1. The molecule has 5 rings (SSSR count). The Bertz CT molecular complexity index is 1370. The molecule has 0 atom stereocenters. The van der Waals surface area contributed by atoms with E-state index in [2.05, 4.69) is 20.4 Å². The highest BCUT2D eigenvalue weighted by Crippen LogP contribution is 2.32. The van der Waals surface area contributed by atoms with Gasteiger partial charge in [-0.15, -0.1) is 0 Å². The summed E-state index contributed by atoms with van der Waals surface area (Å²) < 4.78 is 12.8. The Morgan fingerprint density at radius 3 is 2.76 bits per heavy atom. The highest BCUT2D eigenvalue weighted by Gasteiger charge is 2.26. The molecule has 0 bridgehead atoms. The summed E-state index contributed by atoms with van der Waals surface area (Å²) in [5, 5.41) is 7.46. The van der Waals surface area contributed by atoms with E-state index in [0.717, 1.165) is 16.6 Å². The number of fused-ring (bicyclic) bond motifs is 2. The third kappa shape index (κ3) is 3.91. The lowest BCUT2D eigenvalue weighted by Gasteiger charge is -2.11. The minimum atomic E-state index is -0.347. The van der Waals surface area contributed by atoms with E-state index in [9.17, 15) is 9.59 Å². The largest absolute Gasteiger partial charge is 0.439 e. The van der Waals surface area contributed by atoms with Crippen molar-refractivity contribution in [3.63, 3.8) is 0 Å². The van der Waals surface area contributed by atoms with Crippen molar-refractivity contribution in [1.82, 2.24) is 24.6 Å². The van der Waals surface area contributed by atoms with Crippen LogP contribution in [-0.4, -0.2) is 36.5 Å². The summed E-state index contributed by atoms with van der Waals surface area (Å²) >= 11 is 0. The molecule has 4 heterocycles. The van der Waals surface area contributed by atoms with Crippen LogP contribution >= 0.6 is 0 Å². The fourth-order valence-electron chi connectivity index (χ4n) is 3.73. The Hall–Kier alpha value is -4.21. The second-order valence-corrected chi connectivity index (χ2v) is 8.19. The summed E-state index contributed by atoms with van der Waals surface area (Å²) in [6, 6.07) is 8.60. The van der Waals surface area contributed by atoms with Gasteiger partial charge in [-0.2, -0.15) is 0 Å². The van der Waals surface area contributed by atoms with Crippen molar-refractivity contribution in [3.8, 4) is 11.6 Å². The van der Waals surface area contributed by atoms with Gasteiger partial charge in [-0.25, -0.2) is 14.8 Å². The van der Waals surface area contributed by atoms with Crippen LogP contribution in [0.25, 0.3) is 10.9 Å². The number of carbonyl (C=O) groups excluding carboxylic acids is 2. The minimum Gasteiger partial charge on any atom is -0.439 e. The Balaban J connectivity index is 1.36. The zero-order chi connectivity index (χ0) is 23.1. The maximum absolute atomic E-state index is 12.7. The highest BCUT2D eigenvalue weighted by atomic mass is 16.5. The van der Waals surface area contributed by atoms with Gasteiger partial charge in [-0.3, -0.25) is 14.7 Å². The zero-order valence-corrected chi connectivity index (χ0v) is 18.4. The van der Waals surface area contributed by atoms with Crippen LogP contribution in [0.2, 0.25) is 0 Å². The third-order valence-electron chi connectivity index (χ3n) is 5.56. The fourth-order valence-corrected chi connectivity index (χ4v) is 3.73. The number of aromatic nitrogens is 4. The van der Waals surface area contributed by atoms with Crippen molar-refractivity contribution in [3.05, 3.63) is 59.9 Å². The molecule has 0 fully saturated rings. The Kier molecular flexibility index (Phi) is 5.04. The summed E-state index contributed by atoms with van der Waals surface area (Å²) in [6.07, 6.45) is 3.12. The van der Waals surface area contributed by atoms with E-state index in [0.29, 0.717) is 41.8 Å². The van der Waals surface area contributed by atoms with E-state index >= 15 is 0 Å². The van der Waals surface area contributed by atoms with Crippen LogP contribution in [0.4, 0.5) is 10.6 Å². The molecule has 1 N–H and O–H groups in total. The number of hydrogen-bond acceptors (Lipinski definition) is 7. The van der Waals surface area contributed by atoms with Crippen LogP contribution in [0.15, 0.2) is 47.4 Å². The first kappa shape index (κ1) is 20.7. The molecule has 10 nitrogen and oxygen atoms in total. The quantitative estimate of drug-likeness (QED) is 0.497. The molecule has 0 unspecified atom stereocenters. The van der Waals surface area contributed by atoms with Gasteiger partial charge >= 0.3 is 6.03 Å². The number of amides is 2. The van der Waals surface area contributed by atoms with Gasteiger partial charge in [0.1, 0.15) is 17.8 Å². The van der Waals surface area contributed by atoms with Gasteiger partial charge in [-0.05, 0) is 24.3 Å². The SMILES string of the molecule is CC(=O)N1Cc2ncnc(Oc3ccc4c(ccn4C(=O)Nc4cc(C(C)C)on4)c3)c2C1. The average molecular weight is 446 g/mol. The minimum absolute atomic E-state index is 0.0222. The van der Waals surface area contributed by atoms with Crippen molar-refractivity contribution < 1.29 is 18.8 Å². The number of hydrogen-bond donors (Lipinski definition) is 1. The standard InChI is InChI=1S/C23H22N6O4/c1-13(2)20-9-21(27-33-20)26-23(31)29-7-6-15-8-16(4-5-19(15)29)32-22-17-10-28(14(3)30)11-18(17)24-12-25-22/h4-9,12-13H,10-11H2,1-3H3,(H,26,27,31). The van der Waals surface area contributed by atoms with E-state index < -0.39 is 0 Å². The fraction of sp³-hybridized carbons (Fsp3) is 0.261. The Labute approximate surface area is 189 Å². The summed E-state index contributed by atoms with van der Waals surface area (Å²) in [4.78, 5) is 34.7. The molecule has 33 heavy (non-hydrogen) atoms. The molecule has 1 aliphatic heterocycles. The maximum atomic E-state index is 12.7. The third-order valence-corrected chi connectivity index (χ3v) is 5.56. The molecule has 168 valence electrons. The van der Waals surface area contributed by atoms with Crippen molar-refractivity contribution in [2.75, 3.05) is 5.32 Å². The summed E-state index contributed by atoms with van der Waals surface area (Å²) in [6.45, 7) is 6.37. The van der Waals surface area contributed by atoms with Crippen molar-refractivity contribution in [2.45, 2.75) is 39.8 Å². The average Bonchev–Trinajstić information content (AvgIpc) is 3.51. The smallest absolute Gasteiger partial charge is 0.331 e. The Morgan fingerprint density at radius 2 is 2.00 bits per heavy atom. The number of nitrogens with zero attached hydrogens (tertiary/aromatic N) is 5. The Morgan fingerprint density at radius 1 is 1.15 bits per heavy atom.